The standard InChI is InChI=1S/C12H16ClN/c1-8(2)10-7-9-5-3-4-6-11(9)14-12(10)13/h7-8H,3-6H2,1-2H3. The molecule has 0 atom stereocenters. The molecule has 14 heavy (non-hydrogen) atoms. The number of hydrogen-bond donors (Lipinski definition) is 0. The third kappa shape index (κ3) is 1.78. The van der Waals surface area contributed by atoms with E-state index in [-0.39, 0.29) is 0 Å². The second-order valence-corrected chi connectivity index (χ2v) is 4.69. The van der Waals surface area contributed by atoms with E-state index in [1.807, 2.05) is 0 Å². The van der Waals surface area contributed by atoms with Crippen molar-refractivity contribution in [2.45, 2.75) is 45.4 Å². The zero-order valence-electron chi connectivity index (χ0n) is 8.81. The number of pyridine rings is 1. The van der Waals surface area contributed by atoms with Crippen LogP contribution in [0.3, 0.4) is 0 Å². The highest BCUT2D eigenvalue weighted by molar-refractivity contribution is 6.30. The molecule has 1 aromatic rings. The molecule has 0 saturated heterocycles. The molecule has 0 amide bonds. The highest BCUT2D eigenvalue weighted by Gasteiger charge is 2.15. The Kier molecular flexibility index (Phi) is 2.78. The number of halogens is 1. The summed E-state index contributed by atoms with van der Waals surface area (Å²) in [5, 5.41) is 0.709. The minimum absolute atomic E-state index is 0.474. The predicted octanol–water partition coefficient (Wildman–Crippen LogP) is 3.74. The van der Waals surface area contributed by atoms with E-state index < -0.39 is 0 Å². The maximum atomic E-state index is 6.15. The van der Waals surface area contributed by atoms with Gasteiger partial charge in [-0.3, -0.25) is 0 Å². The van der Waals surface area contributed by atoms with Crippen molar-refractivity contribution >= 4 is 11.6 Å². The van der Waals surface area contributed by atoms with E-state index in [1.54, 1.807) is 0 Å². The largest absolute Gasteiger partial charge is 0.241 e. The molecule has 1 aliphatic rings. The molecule has 0 bridgehead atoms. The molecule has 0 fully saturated rings. The molecule has 76 valence electrons. The summed E-state index contributed by atoms with van der Waals surface area (Å²) in [6.45, 7) is 4.33. The Labute approximate surface area is 90.5 Å². The van der Waals surface area contributed by atoms with E-state index in [0.717, 1.165) is 6.42 Å². The summed E-state index contributed by atoms with van der Waals surface area (Å²) in [7, 11) is 0. The molecular weight excluding hydrogens is 194 g/mol. The van der Waals surface area contributed by atoms with Crippen molar-refractivity contribution in [1.29, 1.82) is 0 Å². The lowest BCUT2D eigenvalue weighted by atomic mass is 9.93. The number of aryl methyl sites for hydroxylation is 2. The molecule has 2 rings (SSSR count). The monoisotopic (exact) mass is 209 g/mol. The van der Waals surface area contributed by atoms with E-state index in [2.05, 4.69) is 24.9 Å². The Bertz CT molecular complexity index is 344. The van der Waals surface area contributed by atoms with Gasteiger partial charge in [-0.15, -0.1) is 0 Å². The smallest absolute Gasteiger partial charge is 0.132 e. The molecule has 0 N–H and O–H groups in total. The maximum absolute atomic E-state index is 6.15. The first-order valence-electron chi connectivity index (χ1n) is 5.36. The number of nitrogens with zero attached hydrogens (tertiary/aromatic N) is 1. The summed E-state index contributed by atoms with van der Waals surface area (Å²) < 4.78 is 0. The Morgan fingerprint density at radius 3 is 2.71 bits per heavy atom. The molecule has 0 radical (unpaired) electrons. The van der Waals surface area contributed by atoms with Gasteiger partial charge in [0.2, 0.25) is 0 Å². The van der Waals surface area contributed by atoms with Crippen LogP contribution >= 0.6 is 11.6 Å². The van der Waals surface area contributed by atoms with Crippen molar-refractivity contribution in [2.24, 2.45) is 0 Å². The lowest BCUT2D eigenvalue weighted by molar-refractivity contribution is 0.663. The van der Waals surface area contributed by atoms with Gasteiger partial charge in [-0.25, -0.2) is 4.98 Å². The van der Waals surface area contributed by atoms with E-state index in [9.17, 15) is 0 Å². The third-order valence-electron chi connectivity index (χ3n) is 2.90. The van der Waals surface area contributed by atoms with Crippen LogP contribution < -0.4 is 0 Å². The first-order chi connectivity index (χ1) is 6.68. The second-order valence-electron chi connectivity index (χ2n) is 4.34. The van der Waals surface area contributed by atoms with Crippen LogP contribution in [0.2, 0.25) is 5.15 Å². The van der Waals surface area contributed by atoms with Crippen LogP contribution in [-0.2, 0) is 12.8 Å². The fourth-order valence-corrected chi connectivity index (χ4v) is 2.41. The van der Waals surface area contributed by atoms with Crippen molar-refractivity contribution in [1.82, 2.24) is 4.98 Å². The van der Waals surface area contributed by atoms with E-state index in [4.69, 9.17) is 11.6 Å². The van der Waals surface area contributed by atoms with Crippen molar-refractivity contribution in [3.8, 4) is 0 Å². The lowest BCUT2D eigenvalue weighted by Crippen LogP contribution is -2.07. The van der Waals surface area contributed by atoms with Crippen LogP contribution in [0.4, 0.5) is 0 Å². The van der Waals surface area contributed by atoms with E-state index >= 15 is 0 Å². The lowest BCUT2D eigenvalue weighted by Gasteiger charge is -2.18. The SMILES string of the molecule is CC(C)c1cc2c(nc1Cl)CCCC2. The summed E-state index contributed by atoms with van der Waals surface area (Å²) in [6.07, 6.45) is 4.85. The zero-order chi connectivity index (χ0) is 10.1. The molecule has 0 spiro atoms. The van der Waals surface area contributed by atoms with Crippen molar-refractivity contribution < 1.29 is 0 Å². The van der Waals surface area contributed by atoms with Gasteiger partial charge in [0.15, 0.2) is 0 Å². The van der Waals surface area contributed by atoms with Crippen molar-refractivity contribution in [3.63, 3.8) is 0 Å². The topological polar surface area (TPSA) is 12.9 Å². The molecule has 0 unspecified atom stereocenters. The molecule has 1 aliphatic carbocycles. The van der Waals surface area contributed by atoms with Gasteiger partial charge in [-0.05, 0) is 42.7 Å². The fraction of sp³-hybridized carbons (Fsp3) is 0.583. The Morgan fingerprint density at radius 2 is 2.00 bits per heavy atom. The Balaban J connectivity index is 2.45. The summed E-state index contributed by atoms with van der Waals surface area (Å²) in [6, 6.07) is 2.26. The number of aromatic nitrogens is 1. The number of fused-ring (bicyclic) bond motifs is 1. The van der Waals surface area contributed by atoms with Gasteiger partial charge in [0.25, 0.3) is 0 Å². The van der Waals surface area contributed by atoms with Gasteiger partial charge >= 0.3 is 0 Å². The van der Waals surface area contributed by atoms with Crippen LogP contribution in [0.15, 0.2) is 6.07 Å². The average Bonchev–Trinajstić information content (AvgIpc) is 2.16. The Hall–Kier alpha value is -0.560. The fourth-order valence-electron chi connectivity index (χ4n) is 2.03. The van der Waals surface area contributed by atoms with Gasteiger partial charge in [-0.2, -0.15) is 0 Å². The summed E-state index contributed by atoms with van der Waals surface area (Å²) in [5.74, 6) is 0.474. The molecule has 1 nitrogen and oxygen atoms in total. The first-order valence-corrected chi connectivity index (χ1v) is 5.74. The third-order valence-corrected chi connectivity index (χ3v) is 3.21. The summed E-state index contributed by atoms with van der Waals surface area (Å²) in [5.41, 5.74) is 3.85. The number of hydrogen-bond acceptors (Lipinski definition) is 1. The number of rotatable bonds is 1. The Morgan fingerprint density at radius 1 is 1.29 bits per heavy atom. The van der Waals surface area contributed by atoms with Crippen LogP contribution in [0, 0.1) is 0 Å². The molecular formula is C12H16ClN. The maximum Gasteiger partial charge on any atom is 0.132 e. The van der Waals surface area contributed by atoms with Gasteiger partial charge < -0.3 is 0 Å². The van der Waals surface area contributed by atoms with Crippen LogP contribution in [0.25, 0.3) is 0 Å². The van der Waals surface area contributed by atoms with Gasteiger partial charge in [-0.1, -0.05) is 31.5 Å². The highest BCUT2D eigenvalue weighted by Crippen LogP contribution is 2.28. The van der Waals surface area contributed by atoms with E-state index in [0.29, 0.717) is 11.1 Å². The molecule has 0 aromatic carbocycles. The molecule has 0 saturated carbocycles. The first kappa shape index (κ1) is 9.97. The van der Waals surface area contributed by atoms with Crippen LogP contribution in [0.1, 0.15) is 49.4 Å². The predicted molar refractivity (Wildman–Crippen MR) is 60.0 cm³/mol. The molecule has 1 aromatic heterocycles. The van der Waals surface area contributed by atoms with Gasteiger partial charge in [0.1, 0.15) is 5.15 Å². The minimum atomic E-state index is 0.474. The summed E-state index contributed by atoms with van der Waals surface area (Å²) in [4.78, 5) is 4.50. The van der Waals surface area contributed by atoms with Gasteiger partial charge in [0, 0.05) is 5.69 Å². The van der Waals surface area contributed by atoms with Crippen LogP contribution in [-0.4, -0.2) is 4.98 Å². The van der Waals surface area contributed by atoms with Crippen LogP contribution in [0.5, 0.6) is 0 Å². The second kappa shape index (κ2) is 3.90. The summed E-state index contributed by atoms with van der Waals surface area (Å²) >= 11 is 6.15. The molecule has 2 heteroatoms. The average molecular weight is 210 g/mol. The highest BCUT2D eigenvalue weighted by atomic mass is 35.5. The normalized spacial score (nSPS) is 15.7. The van der Waals surface area contributed by atoms with E-state index in [1.165, 1.54) is 36.1 Å². The van der Waals surface area contributed by atoms with Crippen molar-refractivity contribution in [3.05, 3.63) is 28.0 Å². The van der Waals surface area contributed by atoms with Crippen molar-refractivity contribution in [2.75, 3.05) is 0 Å². The molecule has 0 aliphatic heterocycles. The molecule has 1 heterocycles. The van der Waals surface area contributed by atoms with Gasteiger partial charge in [0.05, 0.1) is 0 Å². The quantitative estimate of drug-likeness (QED) is 0.643. The minimum Gasteiger partial charge on any atom is -0.241 e. The zero-order valence-corrected chi connectivity index (χ0v) is 9.56.